The minimum atomic E-state index is -0.344. The number of halogens is 1. The average molecular weight is 475 g/mol. The van der Waals surface area contributed by atoms with Crippen LogP contribution in [-0.2, 0) is 24.2 Å². The van der Waals surface area contributed by atoms with Crippen LogP contribution in [0, 0.1) is 5.82 Å². The van der Waals surface area contributed by atoms with Gasteiger partial charge >= 0.3 is 0 Å². The average Bonchev–Trinajstić information content (AvgIpc) is 3.28. The van der Waals surface area contributed by atoms with Crippen LogP contribution in [0.25, 0.3) is 11.4 Å². The number of nitrogens with one attached hydrogen (secondary N) is 1. The molecule has 7 heteroatoms. The lowest BCUT2D eigenvalue weighted by Gasteiger charge is -2.11. The van der Waals surface area contributed by atoms with Crippen molar-refractivity contribution in [3.63, 3.8) is 0 Å². The summed E-state index contributed by atoms with van der Waals surface area (Å²) in [7, 11) is 0. The molecule has 0 spiro atoms. The predicted octanol–water partition coefficient (Wildman–Crippen LogP) is 5.17. The van der Waals surface area contributed by atoms with Gasteiger partial charge in [-0.05, 0) is 42.5 Å². The number of carbonyl (C=O) groups excluding carboxylic acids is 1. The van der Waals surface area contributed by atoms with E-state index in [1.807, 2.05) is 41.0 Å². The van der Waals surface area contributed by atoms with Crippen LogP contribution in [0.15, 0.2) is 90.1 Å². The maximum Gasteiger partial charge on any atom is 0.230 e. The van der Waals surface area contributed by atoms with Crippen LogP contribution in [-0.4, -0.2) is 33.0 Å². The van der Waals surface area contributed by atoms with E-state index >= 15 is 0 Å². The van der Waals surface area contributed by atoms with Gasteiger partial charge in [0.25, 0.3) is 0 Å². The van der Waals surface area contributed by atoms with E-state index in [0.717, 1.165) is 19.3 Å². The smallest absolute Gasteiger partial charge is 0.230 e. The molecule has 0 aliphatic carbocycles. The predicted molar refractivity (Wildman–Crippen MR) is 134 cm³/mol. The first-order valence-corrected chi connectivity index (χ1v) is 12.3. The minimum absolute atomic E-state index is 0.0527. The zero-order valence-corrected chi connectivity index (χ0v) is 19.7. The second kappa shape index (κ2) is 12.1. The Morgan fingerprint density at radius 2 is 1.50 bits per heavy atom. The van der Waals surface area contributed by atoms with Crippen LogP contribution in [0.2, 0.25) is 0 Å². The molecule has 3 aromatic carbocycles. The second-order valence-corrected chi connectivity index (χ2v) is 8.84. The van der Waals surface area contributed by atoms with E-state index in [1.54, 1.807) is 18.2 Å². The van der Waals surface area contributed by atoms with E-state index in [9.17, 15) is 9.18 Å². The lowest BCUT2D eigenvalue weighted by atomic mass is 10.1. The normalized spacial score (nSPS) is 10.9. The highest BCUT2D eigenvalue weighted by atomic mass is 32.2. The molecule has 1 heterocycles. The molecule has 4 aromatic rings. The van der Waals surface area contributed by atoms with Gasteiger partial charge in [0, 0.05) is 13.1 Å². The summed E-state index contributed by atoms with van der Waals surface area (Å²) in [5.74, 6) is 0.304. The van der Waals surface area contributed by atoms with Crippen molar-refractivity contribution in [3.05, 3.63) is 102 Å². The molecule has 5 nitrogen and oxygen atoms in total. The van der Waals surface area contributed by atoms with E-state index in [-0.39, 0.29) is 17.5 Å². The Hall–Kier alpha value is -3.45. The van der Waals surface area contributed by atoms with Crippen LogP contribution in [0.5, 0.6) is 0 Å². The third-order valence-corrected chi connectivity index (χ3v) is 6.40. The molecule has 0 atom stereocenters. The van der Waals surface area contributed by atoms with Gasteiger partial charge in [-0.2, -0.15) is 0 Å². The summed E-state index contributed by atoms with van der Waals surface area (Å²) in [6, 6.07) is 26.9. The molecule has 0 fully saturated rings. The molecule has 0 aliphatic rings. The van der Waals surface area contributed by atoms with Crippen LogP contribution >= 0.6 is 11.8 Å². The molecule has 0 aliphatic heterocycles. The highest BCUT2D eigenvalue weighted by Gasteiger charge is 2.18. The van der Waals surface area contributed by atoms with Crippen LogP contribution in [0.1, 0.15) is 17.5 Å². The summed E-state index contributed by atoms with van der Waals surface area (Å²) in [5.41, 5.74) is 2.83. The van der Waals surface area contributed by atoms with Crippen molar-refractivity contribution in [2.75, 3.05) is 12.3 Å². The van der Waals surface area contributed by atoms with Gasteiger partial charge in [0.15, 0.2) is 11.0 Å². The van der Waals surface area contributed by atoms with Crippen LogP contribution in [0.3, 0.4) is 0 Å². The Bertz CT molecular complexity index is 1200. The molecule has 4 rings (SSSR count). The van der Waals surface area contributed by atoms with Crippen molar-refractivity contribution in [3.8, 4) is 11.4 Å². The van der Waals surface area contributed by atoms with Crippen molar-refractivity contribution in [1.29, 1.82) is 0 Å². The number of carbonyl (C=O) groups is 1. The monoisotopic (exact) mass is 474 g/mol. The summed E-state index contributed by atoms with van der Waals surface area (Å²) in [4.78, 5) is 12.4. The fraction of sp³-hybridized carbons (Fsp3) is 0.222. The number of thioether (sulfide) groups is 1. The molecule has 0 bridgehead atoms. The molecule has 0 saturated carbocycles. The van der Waals surface area contributed by atoms with Crippen molar-refractivity contribution < 1.29 is 9.18 Å². The number of nitrogens with zero attached hydrogens (tertiary/aromatic N) is 3. The van der Waals surface area contributed by atoms with E-state index in [0.29, 0.717) is 29.6 Å². The third-order valence-electron chi connectivity index (χ3n) is 5.44. The number of rotatable bonds is 11. The fourth-order valence-electron chi connectivity index (χ4n) is 3.67. The van der Waals surface area contributed by atoms with Crippen LogP contribution in [0.4, 0.5) is 4.39 Å². The summed E-state index contributed by atoms with van der Waals surface area (Å²) < 4.78 is 16.4. The Morgan fingerprint density at radius 1 is 0.853 bits per heavy atom. The molecule has 34 heavy (non-hydrogen) atoms. The van der Waals surface area contributed by atoms with E-state index in [4.69, 9.17) is 0 Å². The van der Waals surface area contributed by atoms with E-state index in [1.165, 1.54) is 29.0 Å². The SMILES string of the molecule is O=C(CSc1nnc(-c2ccccc2F)n1CCc1ccccc1)NCCCc1ccccc1. The van der Waals surface area contributed by atoms with Crippen LogP contribution < -0.4 is 5.32 Å². The fourth-order valence-corrected chi connectivity index (χ4v) is 4.46. The first kappa shape index (κ1) is 23.7. The van der Waals surface area contributed by atoms with Gasteiger partial charge in [-0.1, -0.05) is 84.6 Å². The van der Waals surface area contributed by atoms with Gasteiger partial charge < -0.3 is 9.88 Å². The molecule has 174 valence electrons. The van der Waals surface area contributed by atoms with Crippen molar-refractivity contribution in [2.45, 2.75) is 31.0 Å². The number of aromatic nitrogens is 3. The quantitative estimate of drug-likeness (QED) is 0.241. The Kier molecular flexibility index (Phi) is 8.46. The number of amides is 1. The van der Waals surface area contributed by atoms with Gasteiger partial charge in [-0.25, -0.2) is 4.39 Å². The summed E-state index contributed by atoms with van der Waals surface area (Å²) in [6.45, 7) is 1.21. The third kappa shape index (κ3) is 6.54. The molecular weight excluding hydrogens is 447 g/mol. The second-order valence-electron chi connectivity index (χ2n) is 7.90. The van der Waals surface area contributed by atoms with Gasteiger partial charge in [0.2, 0.25) is 5.91 Å². The number of hydrogen-bond acceptors (Lipinski definition) is 4. The van der Waals surface area contributed by atoms with Gasteiger partial charge in [0.05, 0.1) is 11.3 Å². The maximum absolute atomic E-state index is 14.5. The number of aryl methyl sites for hydroxylation is 2. The minimum Gasteiger partial charge on any atom is -0.355 e. The lowest BCUT2D eigenvalue weighted by Crippen LogP contribution is -2.26. The molecule has 0 saturated heterocycles. The van der Waals surface area contributed by atoms with E-state index < -0.39 is 0 Å². The molecular formula is C27H27FN4OS. The van der Waals surface area contributed by atoms with Gasteiger partial charge in [-0.3, -0.25) is 4.79 Å². The van der Waals surface area contributed by atoms with Gasteiger partial charge in [0.1, 0.15) is 5.82 Å². The number of benzene rings is 3. The molecule has 1 N–H and O–H groups in total. The largest absolute Gasteiger partial charge is 0.355 e. The zero-order valence-electron chi connectivity index (χ0n) is 18.9. The highest BCUT2D eigenvalue weighted by molar-refractivity contribution is 7.99. The summed E-state index contributed by atoms with van der Waals surface area (Å²) in [5, 5.41) is 12.1. The Balaban J connectivity index is 1.38. The van der Waals surface area contributed by atoms with Gasteiger partial charge in [-0.15, -0.1) is 10.2 Å². The van der Waals surface area contributed by atoms with Crippen molar-refractivity contribution in [1.82, 2.24) is 20.1 Å². The molecule has 1 aromatic heterocycles. The standard InChI is InChI=1S/C27H27FN4OS/c28-24-16-8-7-15-23(24)26-30-31-27(32(26)19-17-22-12-5-2-6-13-22)34-20-25(33)29-18-9-14-21-10-3-1-4-11-21/h1-8,10-13,15-16H,9,14,17-20H2,(H,29,33). The number of hydrogen-bond donors (Lipinski definition) is 1. The Labute approximate surface area is 203 Å². The first-order chi connectivity index (χ1) is 16.7. The van der Waals surface area contributed by atoms with Crippen molar-refractivity contribution >= 4 is 17.7 Å². The zero-order chi connectivity index (χ0) is 23.6. The first-order valence-electron chi connectivity index (χ1n) is 11.4. The topological polar surface area (TPSA) is 59.8 Å². The van der Waals surface area contributed by atoms with Crippen molar-refractivity contribution in [2.24, 2.45) is 0 Å². The molecule has 0 unspecified atom stereocenters. The summed E-state index contributed by atoms with van der Waals surface area (Å²) >= 11 is 1.32. The molecule has 0 radical (unpaired) electrons. The molecule has 1 amide bonds. The highest BCUT2D eigenvalue weighted by Crippen LogP contribution is 2.26. The van der Waals surface area contributed by atoms with E-state index in [2.05, 4.69) is 39.8 Å². The lowest BCUT2D eigenvalue weighted by molar-refractivity contribution is -0.118. The Morgan fingerprint density at radius 3 is 2.21 bits per heavy atom. The maximum atomic E-state index is 14.5. The summed E-state index contributed by atoms with van der Waals surface area (Å²) in [6.07, 6.45) is 2.55.